The summed E-state index contributed by atoms with van der Waals surface area (Å²) in [4.78, 5) is 16.5. The molecule has 21 heavy (non-hydrogen) atoms. The Morgan fingerprint density at radius 3 is 2.76 bits per heavy atom. The van der Waals surface area contributed by atoms with Gasteiger partial charge >= 0.3 is 0 Å². The molecule has 0 bridgehead atoms. The van der Waals surface area contributed by atoms with E-state index in [0.29, 0.717) is 6.54 Å². The summed E-state index contributed by atoms with van der Waals surface area (Å²) in [5.74, 6) is 0.0612. The van der Waals surface area contributed by atoms with Crippen molar-refractivity contribution in [1.82, 2.24) is 10.2 Å². The predicted molar refractivity (Wildman–Crippen MR) is 87.9 cm³/mol. The number of carbonyl (C=O) groups is 1. The molecular formula is C16H22ClN3O. The highest BCUT2D eigenvalue weighted by atomic mass is 35.5. The van der Waals surface area contributed by atoms with E-state index >= 15 is 0 Å². The van der Waals surface area contributed by atoms with Gasteiger partial charge in [0.1, 0.15) is 0 Å². The van der Waals surface area contributed by atoms with E-state index in [2.05, 4.69) is 27.8 Å². The monoisotopic (exact) mass is 307 g/mol. The molecule has 1 aromatic carbocycles. The van der Waals surface area contributed by atoms with Gasteiger partial charge < -0.3 is 10.2 Å². The SMILES string of the molecule is C=CCNC(=O)[C@H](C)N1CCN(c2cccc(Cl)c2)CC1. The molecule has 0 aliphatic carbocycles. The van der Waals surface area contributed by atoms with Crippen molar-refractivity contribution < 1.29 is 4.79 Å². The van der Waals surface area contributed by atoms with Crippen LogP contribution in [0.15, 0.2) is 36.9 Å². The highest BCUT2D eigenvalue weighted by molar-refractivity contribution is 6.30. The van der Waals surface area contributed by atoms with Crippen molar-refractivity contribution in [3.05, 3.63) is 41.9 Å². The Labute approximate surface area is 131 Å². The Balaban J connectivity index is 1.88. The highest BCUT2D eigenvalue weighted by Crippen LogP contribution is 2.21. The molecule has 0 radical (unpaired) electrons. The number of anilines is 1. The first-order chi connectivity index (χ1) is 10.1. The van der Waals surface area contributed by atoms with Crippen molar-refractivity contribution in [2.75, 3.05) is 37.6 Å². The zero-order valence-electron chi connectivity index (χ0n) is 12.4. The van der Waals surface area contributed by atoms with Crippen LogP contribution in [0.5, 0.6) is 0 Å². The number of hydrogen-bond donors (Lipinski definition) is 1. The molecule has 5 heteroatoms. The minimum Gasteiger partial charge on any atom is -0.369 e. The second kappa shape index (κ2) is 7.48. The molecule has 1 heterocycles. The van der Waals surface area contributed by atoms with Crippen molar-refractivity contribution in [3.8, 4) is 0 Å². The lowest BCUT2D eigenvalue weighted by atomic mass is 10.2. The van der Waals surface area contributed by atoms with Crippen LogP contribution in [-0.2, 0) is 4.79 Å². The Bertz CT molecular complexity index is 498. The second-order valence-corrected chi connectivity index (χ2v) is 5.65. The minimum atomic E-state index is -0.105. The fourth-order valence-electron chi connectivity index (χ4n) is 2.53. The van der Waals surface area contributed by atoms with Gasteiger partial charge in [-0.1, -0.05) is 23.7 Å². The van der Waals surface area contributed by atoms with E-state index in [1.54, 1.807) is 6.08 Å². The van der Waals surface area contributed by atoms with Crippen molar-refractivity contribution in [2.45, 2.75) is 13.0 Å². The van der Waals surface area contributed by atoms with Gasteiger partial charge in [0.15, 0.2) is 0 Å². The lowest BCUT2D eigenvalue weighted by molar-refractivity contribution is -0.125. The van der Waals surface area contributed by atoms with Crippen LogP contribution < -0.4 is 10.2 Å². The van der Waals surface area contributed by atoms with Crippen molar-refractivity contribution >= 4 is 23.2 Å². The van der Waals surface area contributed by atoms with Gasteiger partial charge in [0.05, 0.1) is 6.04 Å². The molecule has 1 amide bonds. The van der Waals surface area contributed by atoms with Crippen LogP contribution in [0.2, 0.25) is 5.02 Å². The van der Waals surface area contributed by atoms with Gasteiger partial charge in [-0.15, -0.1) is 6.58 Å². The molecule has 0 saturated carbocycles. The third kappa shape index (κ3) is 4.22. The first kappa shape index (κ1) is 15.9. The van der Waals surface area contributed by atoms with E-state index in [1.165, 1.54) is 0 Å². The maximum absolute atomic E-state index is 12.0. The van der Waals surface area contributed by atoms with Crippen LogP contribution in [0.25, 0.3) is 0 Å². The maximum Gasteiger partial charge on any atom is 0.237 e. The number of benzene rings is 1. The first-order valence-electron chi connectivity index (χ1n) is 7.25. The molecule has 1 aliphatic rings. The summed E-state index contributed by atoms with van der Waals surface area (Å²) in [6.45, 7) is 9.63. The zero-order chi connectivity index (χ0) is 15.2. The summed E-state index contributed by atoms with van der Waals surface area (Å²) in [5.41, 5.74) is 1.14. The van der Waals surface area contributed by atoms with Crippen LogP contribution >= 0.6 is 11.6 Å². The average molecular weight is 308 g/mol. The van der Waals surface area contributed by atoms with E-state index in [4.69, 9.17) is 11.6 Å². The number of amides is 1. The lowest BCUT2D eigenvalue weighted by Crippen LogP contribution is -2.54. The Morgan fingerprint density at radius 2 is 2.14 bits per heavy atom. The Hall–Kier alpha value is -1.52. The molecule has 1 aromatic rings. The number of nitrogens with zero attached hydrogens (tertiary/aromatic N) is 2. The highest BCUT2D eigenvalue weighted by Gasteiger charge is 2.25. The third-order valence-electron chi connectivity index (χ3n) is 3.84. The molecule has 1 saturated heterocycles. The number of carbonyl (C=O) groups excluding carboxylic acids is 1. The van der Waals surface area contributed by atoms with E-state index in [0.717, 1.165) is 36.9 Å². The van der Waals surface area contributed by atoms with Crippen molar-refractivity contribution in [3.63, 3.8) is 0 Å². The Kier molecular flexibility index (Phi) is 5.65. The molecule has 114 valence electrons. The molecule has 1 aliphatic heterocycles. The van der Waals surface area contributed by atoms with E-state index < -0.39 is 0 Å². The fourth-order valence-corrected chi connectivity index (χ4v) is 2.71. The normalized spacial score (nSPS) is 17.3. The first-order valence-corrected chi connectivity index (χ1v) is 7.63. The summed E-state index contributed by atoms with van der Waals surface area (Å²) < 4.78 is 0. The third-order valence-corrected chi connectivity index (χ3v) is 4.07. The topological polar surface area (TPSA) is 35.6 Å². The Morgan fingerprint density at radius 1 is 1.43 bits per heavy atom. The smallest absolute Gasteiger partial charge is 0.237 e. The molecule has 0 spiro atoms. The number of halogens is 1. The molecule has 4 nitrogen and oxygen atoms in total. The van der Waals surface area contributed by atoms with Crippen LogP contribution in [0.4, 0.5) is 5.69 Å². The average Bonchev–Trinajstić information content (AvgIpc) is 2.52. The van der Waals surface area contributed by atoms with E-state index in [-0.39, 0.29) is 11.9 Å². The van der Waals surface area contributed by atoms with E-state index in [1.807, 2.05) is 25.1 Å². The van der Waals surface area contributed by atoms with Gasteiger partial charge in [0, 0.05) is 43.4 Å². The summed E-state index contributed by atoms with van der Waals surface area (Å²) in [5, 5.41) is 3.61. The standard InChI is InChI=1S/C16H22ClN3O/c1-3-7-18-16(21)13(2)19-8-10-20(11-9-19)15-6-4-5-14(17)12-15/h3-6,12-13H,1,7-11H2,2H3,(H,18,21)/t13-/m0/s1. The number of rotatable bonds is 5. The zero-order valence-corrected chi connectivity index (χ0v) is 13.1. The summed E-state index contributed by atoms with van der Waals surface area (Å²) in [6, 6.07) is 7.80. The van der Waals surface area contributed by atoms with Gasteiger partial charge in [-0.25, -0.2) is 0 Å². The summed E-state index contributed by atoms with van der Waals surface area (Å²) in [6.07, 6.45) is 1.70. The van der Waals surface area contributed by atoms with Crippen molar-refractivity contribution in [1.29, 1.82) is 0 Å². The van der Waals surface area contributed by atoms with Crippen molar-refractivity contribution in [2.24, 2.45) is 0 Å². The molecule has 1 N–H and O–H groups in total. The molecule has 0 unspecified atom stereocenters. The van der Waals surface area contributed by atoms with Gasteiger partial charge in [0.25, 0.3) is 0 Å². The number of nitrogens with one attached hydrogen (secondary N) is 1. The quantitative estimate of drug-likeness (QED) is 0.847. The molecule has 0 aromatic heterocycles. The van der Waals surface area contributed by atoms with Gasteiger partial charge in [-0.05, 0) is 25.1 Å². The number of piperazine rings is 1. The van der Waals surface area contributed by atoms with Gasteiger partial charge in [-0.2, -0.15) is 0 Å². The van der Waals surface area contributed by atoms with Crippen LogP contribution in [0, 0.1) is 0 Å². The summed E-state index contributed by atoms with van der Waals surface area (Å²) >= 11 is 6.04. The molecule has 1 atom stereocenters. The second-order valence-electron chi connectivity index (χ2n) is 5.21. The van der Waals surface area contributed by atoms with Crippen LogP contribution in [-0.4, -0.2) is 49.6 Å². The number of hydrogen-bond acceptors (Lipinski definition) is 3. The largest absolute Gasteiger partial charge is 0.369 e. The van der Waals surface area contributed by atoms with Gasteiger partial charge in [-0.3, -0.25) is 9.69 Å². The predicted octanol–water partition coefficient (Wildman–Crippen LogP) is 2.15. The van der Waals surface area contributed by atoms with E-state index in [9.17, 15) is 4.79 Å². The molecular weight excluding hydrogens is 286 g/mol. The maximum atomic E-state index is 12.0. The van der Waals surface area contributed by atoms with Crippen LogP contribution in [0.3, 0.4) is 0 Å². The molecule has 2 rings (SSSR count). The van der Waals surface area contributed by atoms with Crippen LogP contribution in [0.1, 0.15) is 6.92 Å². The minimum absolute atomic E-state index is 0.0612. The molecule has 1 fully saturated rings. The summed E-state index contributed by atoms with van der Waals surface area (Å²) in [7, 11) is 0. The lowest BCUT2D eigenvalue weighted by Gasteiger charge is -2.38. The van der Waals surface area contributed by atoms with Gasteiger partial charge in [0.2, 0.25) is 5.91 Å². The fraction of sp³-hybridized carbons (Fsp3) is 0.438.